The molecule has 3 fully saturated rings. The van der Waals surface area contributed by atoms with E-state index >= 15 is 0 Å². The standard InChI is InChI=1S/C30H36Cl2FN3O2/c31-27-19-24(21-6-8-22(9-7-21)29(37)35-16-14-34(13-11-33)15-17-35)20-28(32)26(27)18-23-10-12-36(30(23)38)25-4-2-1-3-5-25/h6-9,19-20,23,25H,1-5,10-18H2/t23-/m0/s1. The van der Waals surface area contributed by atoms with Gasteiger partial charge in [-0.15, -0.1) is 0 Å². The normalized spacial score (nSPS) is 21.3. The Hall–Kier alpha value is -2.15. The third-order valence-corrected chi connectivity index (χ3v) is 9.16. The van der Waals surface area contributed by atoms with Gasteiger partial charge in [-0.1, -0.05) is 54.6 Å². The van der Waals surface area contributed by atoms with Crippen LogP contribution in [0.25, 0.3) is 11.1 Å². The van der Waals surface area contributed by atoms with Crippen LogP contribution in [0.1, 0.15) is 54.4 Å². The molecule has 0 unspecified atom stereocenters. The van der Waals surface area contributed by atoms with E-state index in [2.05, 4.69) is 4.90 Å². The molecule has 2 heterocycles. The molecule has 1 aliphatic carbocycles. The molecule has 0 spiro atoms. The number of likely N-dealkylation sites (tertiary alicyclic amines) is 1. The molecule has 0 radical (unpaired) electrons. The van der Waals surface area contributed by atoms with Gasteiger partial charge < -0.3 is 9.80 Å². The number of carbonyl (C=O) groups excluding carboxylic acids is 2. The molecule has 0 N–H and O–H groups in total. The van der Waals surface area contributed by atoms with Gasteiger partial charge in [0, 0.05) is 66.8 Å². The Morgan fingerprint density at radius 3 is 2.16 bits per heavy atom. The summed E-state index contributed by atoms with van der Waals surface area (Å²) < 4.78 is 12.6. The van der Waals surface area contributed by atoms with Gasteiger partial charge in [0.05, 0.1) is 0 Å². The first-order chi connectivity index (χ1) is 18.4. The minimum atomic E-state index is -0.359. The van der Waals surface area contributed by atoms with E-state index in [9.17, 15) is 14.0 Å². The van der Waals surface area contributed by atoms with Gasteiger partial charge in [0.25, 0.3) is 5.91 Å². The number of rotatable bonds is 7. The maximum atomic E-state index is 13.2. The van der Waals surface area contributed by atoms with Crippen molar-refractivity contribution in [3.8, 4) is 11.1 Å². The Labute approximate surface area is 234 Å². The molecular weight excluding hydrogens is 524 g/mol. The zero-order chi connectivity index (χ0) is 26.6. The molecule has 8 heteroatoms. The first kappa shape index (κ1) is 27.4. The zero-order valence-electron chi connectivity index (χ0n) is 21.8. The lowest BCUT2D eigenvalue weighted by molar-refractivity contribution is -0.133. The van der Waals surface area contributed by atoms with Crippen molar-refractivity contribution in [2.24, 2.45) is 5.92 Å². The predicted octanol–water partition coefficient (Wildman–Crippen LogP) is 6.11. The van der Waals surface area contributed by atoms with Crippen molar-refractivity contribution >= 4 is 35.0 Å². The highest BCUT2D eigenvalue weighted by atomic mass is 35.5. The second kappa shape index (κ2) is 12.4. The van der Waals surface area contributed by atoms with Crippen LogP contribution < -0.4 is 0 Å². The van der Waals surface area contributed by atoms with Crippen LogP contribution in [0.2, 0.25) is 10.0 Å². The van der Waals surface area contributed by atoms with Gasteiger partial charge in [-0.05, 0) is 66.6 Å². The summed E-state index contributed by atoms with van der Waals surface area (Å²) in [4.78, 5) is 32.1. The van der Waals surface area contributed by atoms with Crippen LogP contribution in [-0.2, 0) is 11.2 Å². The Morgan fingerprint density at radius 2 is 1.53 bits per heavy atom. The number of carbonyl (C=O) groups is 2. The second-order valence-corrected chi connectivity index (χ2v) is 11.6. The lowest BCUT2D eigenvalue weighted by atomic mass is 9.93. The van der Waals surface area contributed by atoms with Gasteiger partial charge in [0.1, 0.15) is 6.67 Å². The van der Waals surface area contributed by atoms with Gasteiger partial charge in [-0.3, -0.25) is 14.5 Å². The quantitative estimate of drug-likeness (QED) is 0.411. The summed E-state index contributed by atoms with van der Waals surface area (Å²) in [5.74, 6) is 0.172. The fourth-order valence-electron chi connectivity index (χ4n) is 6.20. The summed E-state index contributed by atoms with van der Waals surface area (Å²) in [5.41, 5.74) is 3.26. The van der Waals surface area contributed by atoms with Crippen molar-refractivity contribution in [3.63, 3.8) is 0 Å². The summed E-state index contributed by atoms with van der Waals surface area (Å²) in [6.45, 7) is 3.51. The van der Waals surface area contributed by atoms with Gasteiger partial charge in [0.15, 0.2) is 0 Å². The van der Waals surface area contributed by atoms with E-state index in [1.165, 1.54) is 19.3 Å². The summed E-state index contributed by atoms with van der Waals surface area (Å²) in [7, 11) is 0. The van der Waals surface area contributed by atoms with E-state index in [0.717, 1.165) is 42.5 Å². The number of benzene rings is 2. The first-order valence-electron chi connectivity index (χ1n) is 13.9. The van der Waals surface area contributed by atoms with Crippen LogP contribution in [-0.4, -0.2) is 78.5 Å². The van der Waals surface area contributed by atoms with Crippen molar-refractivity contribution in [3.05, 3.63) is 57.6 Å². The van der Waals surface area contributed by atoms with Gasteiger partial charge in [-0.25, -0.2) is 4.39 Å². The molecular formula is C30H36Cl2FN3O2. The molecule has 2 amide bonds. The van der Waals surface area contributed by atoms with Crippen LogP contribution in [0, 0.1) is 5.92 Å². The highest BCUT2D eigenvalue weighted by Gasteiger charge is 2.36. The Bertz CT molecular complexity index is 1120. The molecule has 1 saturated carbocycles. The Balaban J connectivity index is 1.23. The second-order valence-electron chi connectivity index (χ2n) is 10.8. The van der Waals surface area contributed by atoms with Gasteiger partial charge in [-0.2, -0.15) is 0 Å². The number of alkyl halides is 1. The van der Waals surface area contributed by atoms with E-state index in [-0.39, 0.29) is 24.4 Å². The smallest absolute Gasteiger partial charge is 0.253 e. The molecule has 2 aromatic rings. The molecule has 5 rings (SSSR count). The molecule has 38 heavy (non-hydrogen) atoms. The maximum absolute atomic E-state index is 13.2. The topological polar surface area (TPSA) is 43.9 Å². The third kappa shape index (κ3) is 6.03. The number of hydrogen-bond acceptors (Lipinski definition) is 3. The molecule has 3 aliphatic rings. The fraction of sp³-hybridized carbons (Fsp3) is 0.533. The van der Waals surface area contributed by atoms with Gasteiger partial charge in [0.2, 0.25) is 5.91 Å². The highest BCUT2D eigenvalue weighted by Crippen LogP contribution is 2.36. The molecule has 0 bridgehead atoms. The summed E-state index contributed by atoms with van der Waals surface area (Å²) >= 11 is 13.4. The average Bonchev–Trinajstić information content (AvgIpc) is 3.31. The fourth-order valence-corrected chi connectivity index (χ4v) is 6.84. The van der Waals surface area contributed by atoms with E-state index in [1.807, 2.05) is 46.2 Å². The van der Waals surface area contributed by atoms with E-state index in [0.29, 0.717) is 60.8 Å². The SMILES string of the molecule is O=C(c1ccc(-c2cc(Cl)c(C[C@@H]3CCN(C4CCCCC4)C3=O)c(Cl)c2)cc1)N1CCN(CCF)CC1. The molecule has 2 aromatic carbocycles. The van der Waals surface area contributed by atoms with Crippen LogP contribution >= 0.6 is 23.2 Å². The Morgan fingerprint density at radius 1 is 0.868 bits per heavy atom. The number of nitrogens with zero attached hydrogens (tertiary/aromatic N) is 3. The highest BCUT2D eigenvalue weighted by molar-refractivity contribution is 6.36. The van der Waals surface area contributed by atoms with Crippen LogP contribution in [0.4, 0.5) is 4.39 Å². The molecule has 1 atom stereocenters. The van der Waals surface area contributed by atoms with E-state index in [4.69, 9.17) is 23.2 Å². The Kier molecular flexibility index (Phi) is 8.91. The van der Waals surface area contributed by atoms with Crippen LogP contribution in [0.3, 0.4) is 0 Å². The lowest BCUT2D eigenvalue weighted by Gasteiger charge is -2.34. The lowest BCUT2D eigenvalue weighted by Crippen LogP contribution is -2.49. The van der Waals surface area contributed by atoms with E-state index in [1.54, 1.807) is 0 Å². The summed E-state index contributed by atoms with van der Waals surface area (Å²) in [6, 6.07) is 11.7. The summed E-state index contributed by atoms with van der Waals surface area (Å²) in [6.07, 6.45) is 7.36. The van der Waals surface area contributed by atoms with Crippen molar-refractivity contribution < 1.29 is 14.0 Å². The average molecular weight is 561 g/mol. The zero-order valence-corrected chi connectivity index (χ0v) is 23.3. The first-order valence-corrected chi connectivity index (χ1v) is 14.7. The van der Waals surface area contributed by atoms with Crippen LogP contribution in [0.5, 0.6) is 0 Å². The minimum absolute atomic E-state index is 0.00800. The number of piperazine rings is 1. The molecule has 2 aliphatic heterocycles. The number of amides is 2. The largest absolute Gasteiger partial charge is 0.339 e. The van der Waals surface area contributed by atoms with E-state index < -0.39 is 0 Å². The maximum Gasteiger partial charge on any atom is 0.253 e. The van der Waals surface area contributed by atoms with Crippen molar-refractivity contribution in [1.82, 2.24) is 14.7 Å². The van der Waals surface area contributed by atoms with Crippen LogP contribution in [0.15, 0.2) is 36.4 Å². The molecule has 0 aromatic heterocycles. The van der Waals surface area contributed by atoms with Crippen molar-refractivity contribution in [1.29, 1.82) is 0 Å². The molecule has 2 saturated heterocycles. The van der Waals surface area contributed by atoms with Crippen molar-refractivity contribution in [2.75, 3.05) is 45.9 Å². The van der Waals surface area contributed by atoms with Gasteiger partial charge >= 0.3 is 0 Å². The minimum Gasteiger partial charge on any atom is -0.339 e. The predicted molar refractivity (Wildman–Crippen MR) is 151 cm³/mol. The number of hydrogen-bond donors (Lipinski definition) is 0. The molecule has 5 nitrogen and oxygen atoms in total. The third-order valence-electron chi connectivity index (χ3n) is 8.48. The van der Waals surface area contributed by atoms with Crippen molar-refractivity contribution in [2.45, 2.75) is 51.0 Å². The molecule has 204 valence electrons. The number of halogens is 3. The monoisotopic (exact) mass is 559 g/mol. The summed E-state index contributed by atoms with van der Waals surface area (Å²) in [5, 5.41) is 1.14.